The van der Waals surface area contributed by atoms with Crippen molar-refractivity contribution in [2.45, 2.75) is 40.5 Å². The number of carboxylic acids is 1. The average Bonchev–Trinajstić information content (AvgIpc) is 2.96. The van der Waals surface area contributed by atoms with Gasteiger partial charge in [0.2, 0.25) is 0 Å². The molecule has 0 aliphatic rings. The van der Waals surface area contributed by atoms with Gasteiger partial charge in [0, 0.05) is 4.88 Å². The SMILES string of the molecule is CCCc1nc2sc(C)c(-c3ccc(C)c(C)c3)n2c1C(=O)O. The van der Waals surface area contributed by atoms with Crippen LogP contribution < -0.4 is 0 Å². The Morgan fingerprint density at radius 2 is 2.00 bits per heavy atom. The summed E-state index contributed by atoms with van der Waals surface area (Å²) in [5, 5.41) is 9.70. The van der Waals surface area contributed by atoms with E-state index in [9.17, 15) is 9.90 Å². The lowest BCUT2D eigenvalue weighted by atomic mass is 10.0. The zero-order valence-electron chi connectivity index (χ0n) is 13.8. The van der Waals surface area contributed by atoms with Crippen molar-refractivity contribution in [3.63, 3.8) is 0 Å². The predicted molar refractivity (Wildman–Crippen MR) is 93.7 cm³/mol. The fourth-order valence-corrected chi connectivity index (χ4v) is 3.92. The molecular formula is C18H20N2O2S. The lowest BCUT2D eigenvalue weighted by Crippen LogP contribution is -2.06. The molecule has 4 nitrogen and oxygen atoms in total. The first kappa shape index (κ1) is 15.7. The van der Waals surface area contributed by atoms with E-state index in [2.05, 4.69) is 37.0 Å². The Labute approximate surface area is 139 Å². The molecule has 0 spiro atoms. The quantitative estimate of drug-likeness (QED) is 0.759. The lowest BCUT2D eigenvalue weighted by Gasteiger charge is -2.08. The highest BCUT2D eigenvalue weighted by Crippen LogP contribution is 2.34. The van der Waals surface area contributed by atoms with E-state index in [-0.39, 0.29) is 0 Å². The summed E-state index contributed by atoms with van der Waals surface area (Å²) in [7, 11) is 0. The van der Waals surface area contributed by atoms with Gasteiger partial charge in [-0.3, -0.25) is 4.40 Å². The number of aryl methyl sites for hydroxylation is 4. The van der Waals surface area contributed by atoms with Crippen molar-refractivity contribution >= 4 is 22.3 Å². The maximum Gasteiger partial charge on any atom is 0.354 e. The number of nitrogens with zero attached hydrogens (tertiary/aromatic N) is 2. The number of rotatable bonds is 4. The number of aromatic carboxylic acids is 1. The number of carboxylic acid groups (broad SMARTS) is 1. The second-order valence-electron chi connectivity index (χ2n) is 5.89. The van der Waals surface area contributed by atoms with Gasteiger partial charge in [0.1, 0.15) is 0 Å². The molecule has 0 amide bonds. The Hall–Kier alpha value is -2.14. The van der Waals surface area contributed by atoms with Crippen LogP contribution in [-0.2, 0) is 6.42 Å². The molecular weight excluding hydrogens is 308 g/mol. The molecule has 1 N–H and O–H groups in total. The summed E-state index contributed by atoms with van der Waals surface area (Å²) < 4.78 is 1.82. The number of aromatic nitrogens is 2. The normalized spacial score (nSPS) is 11.3. The van der Waals surface area contributed by atoms with Crippen LogP contribution in [0.5, 0.6) is 0 Å². The molecule has 0 radical (unpaired) electrons. The Kier molecular flexibility index (Phi) is 3.98. The van der Waals surface area contributed by atoms with Crippen molar-refractivity contribution in [2.75, 3.05) is 0 Å². The van der Waals surface area contributed by atoms with Gasteiger partial charge >= 0.3 is 5.97 Å². The van der Waals surface area contributed by atoms with Gasteiger partial charge in [0.05, 0.1) is 11.4 Å². The number of benzene rings is 1. The van der Waals surface area contributed by atoms with Crippen LogP contribution in [0.2, 0.25) is 0 Å². The third-order valence-corrected chi connectivity index (χ3v) is 5.15. The molecule has 5 heteroatoms. The third kappa shape index (κ3) is 2.55. The molecule has 2 heterocycles. The van der Waals surface area contributed by atoms with E-state index in [4.69, 9.17) is 0 Å². The van der Waals surface area contributed by atoms with Crippen molar-refractivity contribution in [1.82, 2.24) is 9.38 Å². The van der Waals surface area contributed by atoms with Crippen LogP contribution in [-0.4, -0.2) is 20.5 Å². The van der Waals surface area contributed by atoms with E-state index in [0.29, 0.717) is 17.8 Å². The molecule has 120 valence electrons. The molecule has 1 aromatic carbocycles. The largest absolute Gasteiger partial charge is 0.477 e. The summed E-state index contributed by atoms with van der Waals surface area (Å²) in [4.78, 5) is 18.2. The highest BCUT2D eigenvalue weighted by molar-refractivity contribution is 7.17. The van der Waals surface area contributed by atoms with Gasteiger partial charge in [-0.2, -0.15) is 0 Å². The first-order valence-corrected chi connectivity index (χ1v) is 8.57. The van der Waals surface area contributed by atoms with Gasteiger partial charge in [-0.05, 0) is 49.9 Å². The third-order valence-electron chi connectivity index (χ3n) is 4.19. The topological polar surface area (TPSA) is 54.6 Å². The molecule has 0 aliphatic carbocycles. The molecule has 3 aromatic rings. The van der Waals surface area contributed by atoms with Gasteiger partial charge in [0.25, 0.3) is 0 Å². The first-order chi connectivity index (χ1) is 10.9. The standard InChI is InChI=1S/C18H20N2O2S/c1-5-6-14-16(17(21)22)20-15(12(4)23-18(20)19-14)13-8-7-10(2)11(3)9-13/h7-9H,5-6H2,1-4H3,(H,21,22). The van der Waals surface area contributed by atoms with Crippen LogP contribution >= 0.6 is 11.3 Å². The molecule has 0 fully saturated rings. The van der Waals surface area contributed by atoms with Crippen molar-refractivity contribution in [3.8, 4) is 11.3 Å². The molecule has 3 rings (SSSR count). The minimum absolute atomic E-state index is 0.305. The van der Waals surface area contributed by atoms with E-state index < -0.39 is 5.97 Å². The zero-order chi connectivity index (χ0) is 16.7. The second-order valence-corrected chi connectivity index (χ2v) is 7.07. The van der Waals surface area contributed by atoms with E-state index in [0.717, 1.165) is 27.5 Å². The molecule has 0 unspecified atom stereocenters. The molecule has 23 heavy (non-hydrogen) atoms. The van der Waals surface area contributed by atoms with Crippen LogP contribution in [0.3, 0.4) is 0 Å². The minimum Gasteiger partial charge on any atom is -0.477 e. The summed E-state index contributed by atoms with van der Waals surface area (Å²) >= 11 is 1.55. The van der Waals surface area contributed by atoms with Crippen LogP contribution in [0.25, 0.3) is 16.2 Å². The van der Waals surface area contributed by atoms with Gasteiger partial charge in [-0.15, -0.1) is 11.3 Å². The summed E-state index contributed by atoms with van der Waals surface area (Å²) in [6.07, 6.45) is 1.56. The van der Waals surface area contributed by atoms with Crippen LogP contribution in [0.15, 0.2) is 18.2 Å². The first-order valence-electron chi connectivity index (χ1n) is 7.75. The summed E-state index contributed by atoms with van der Waals surface area (Å²) in [5.74, 6) is -0.913. The molecule has 0 saturated heterocycles. The van der Waals surface area contributed by atoms with Crippen LogP contribution in [0, 0.1) is 20.8 Å². The van der Waals surface area contributed by atoms with E-state index in [1.165, 1.54) is 11.1 Å². The van der Waals surface area contributed by atoms with Gasteiger partial charge in [-0.1, -0.05) is 25.5 Å². The number of fused-ring (bicyclic) bond motifs is 1. The van der Waals surface area contributed by atoms with Crippen molar-refractivity contribution in [1.29, 1.82) is 0 Å². The molecule has 0 atom stereocenters. The Morgan fingerprint density at radius 1 is 1.26 bits per heavy atom. The molecule has 0 saturated carbocycles. The van der Waals surface area contributed by atoms with Gasteiger partial charge in [-0.25, -0.2) is 9.78 Å². The monoisotopic (exact) mass is 328 g/mol. The number of hydrogen-bond acceptors (Lipinski definition) is 3. The molecule has 2 aromatic heterocycles. The Morgan fingerprint density at radius 3 is 2.61 bits per heavy atom. The van der Waals surface area contributed by atoms with Crippen molar-refractivity contribution in [3.05, 3.63) is 45.6 Å². The number of imidazole rings is 1. The fourth-order valence-electron chi connectivity index (χ4n) is 2.91. The predicted octanol–water partition coefficient (Wildman–Crippen LogP) is 4.64. The summed E-state index contributed by atoms with van der Waals surface area (Å²) in [5.41, 5.74) is 5.40. The Balaban J connectivity index is 2.33. The van der Waals surface area contributed by atoms with E-state index >= 15 is 0 Å². The Bertz CT molecular complexity index is 906. The maximum absolute atomic E-state index is 11.8. The van der Waals surface area contributed by atoms with Gasteiger partial charge < -0.3 is 5.11 Å². The van der Waals surface area contributed by atoms with Crippen LogP contribution in [0.1, 0.15) is 45.5 Å². The minimum atomic E-state index is -0.913. The van der Waals surface area contributed by atoms with Crippen molar-refractivity contribution < 1.29 is 9.90 Å². The van der Waals surface area contributed by atoms with Crippen molar-refractivity contribution in [2.24, 2.45) is 0 Å². The molecule has 0 aliphatic heterocycles. The fraction of sp³-hybridized carbons (Fsp3) is 0.333. The smallest absolute Gasteiger partial charge is 0.354 e. The van der Waals surface area contributed by atoms with E-state index in [1.54, 1.807) is 11.3 Å². The number of hydrogen-bond donors (Lipinski definition) is 1. The van der Waals surface area contributed by atoms with Gasteiger partial charge in [0.15, 0.2) is 10.7 Å². The molecule has 0 bridgehead atoms. The summed E-state index contributed by atoms with van der Waals surface area (Å²) in [6.45, 7) is 8.21. The average molecular weight is 328 g/mol. The second kappa shape index (κ2) is 5.81. The highest BCUT2D eigenvalue weighted by atomic mass is 32.1. The zero-order valence-corrected chi connectivity index (χ0v) is 14.6. The lowest BCUT2D eigenvalue weighted by molar-refractivity contribution is 0.0688. The van der Waals surface area contributed by atoms with Crippen LogP contribution in [0.4, 0.5) is 0 Å². The number of thiazole rings is 1. The summed E-state index contributed by atoms with van der Waals surface area (Å²) in [6, 6.07) is 6.26. The highest BCUT2D eigenvalue weighted by Gasteiger charge is 2.24. The maximum atomic E-state index is 11.8. The van der Waals surface area contributed by atoms with E-state index in [1.807, 2.05) is 18.2 Å². The number of carbonyl (C=O) groups is 1.